The van der Waals surface area contributed by atoms with Crippen molar-refractivity contribution in [1.82, 2.24) is 0 Å². The lowest BCUT2D eigenvalue weighted by Crippen LogP contribution is -2.23. The fraction of sp³-hybridized carbons (Fsp3) is 0.583. The van der Waals surface area contributed by atoms with E-state index in [4.69, 9.17) is 18.9 Å². The maximum atomic E-state index is 12.8. The van der Waals surface area contributed by atoms with Crippen molar-refractivity contribution in [3.8, 4) is 0 Å². The highest BCUT2D eigenvalue weighted by atomic mass is 19.3. The molecule has 6 nitrogen and oxygen atoms in total. The van der Waals surface area contributed by atoms with Crippen LogP contribution in [0.5, 0.6) is 0 Å². The predicted molar refractivity (Wildman–Crippen MR) is 65.0 cm³/mol. The molecular formula is C12H18F2O6. The van der Waals surface area contributed by atoms with Gasteiger partial charge in [0.2, 0.25) is 5.76 Å². The van der Waals surface area contributed by atoms with E-state index in [1.807, 2.05) is 0 Å². The van der Waals surface area contributed by atoms with E-state index in [1.165, 1.54) is 14.2 Å². The van der Waals surface area contributed by atoms with Crippen molar-refractivity contribution in [1.29, 1.82) is 0 Å². The van der Waals surface area contributed by atoms with Crippen LogP contribution in [-0.4, -0.2) is 52.9 Å². The molecule has 0 saturated heterocycles. The van der Waals surface area contributed by atoms with E-state index in [1.54, 1.807) is 0 Å². The average molecular weight is 296 g/mol. The van der Waals surface area contributed by atoms with Gasteiger partial charge in [0.05, 0.1) is 13.2 Å². The summed E-state index contributed by atoms with van der Waals surface area (Å²) < 4.78 is 49.1. The standard InChI is InChI=1S/C12H18F2O6/c1-4-9(20-10(15)7-17-3)11(12(13)14)19-8-18-6-5-16-2/h4,9H,1,5-8H2,2-3H3. The summed E-state index contributed by atoms with van der Waals surface area (Å²) in [6.45, 7) is 3.00. The summed E-state index contributed by atoms with van der Waals surface area (Å²) in [5, 5.41) is 0. The van der Waals surface area contributed by atoms with Crippen molar-refractivity contribution < 1.29 is 37.3 Å². The second kappa shape index (κ2) is 11.3. The minimum Gasteiger partial charge on any atom is -0.462 e. The van der Waals surface area contributed by atoms with Crippen LogP contribution in [0.15, 0.2) is 24.5 Å². The van der Waals surface area contributed by atoms with E-state index in [0.717, 1.165) is 6.08 Å². The number of rotatable bonds is 11. The first-order valence-electron chi connectivity index (χ1n) is 5.62. The fourth-order valence-electron chi connectivity index (χ4n) is 1.05. The lowest BCUT2D eigenvalue weighted by molar-refractivity contribution is -0.152. The Balaban J connectivity index is 4.44. The van der Waals surface area contributed by atoms with Gasteiger partial charge in [-0.2, -0.15) is 8.78 Å². The van der Waals surface area contributed by atoms with E-state index < -0.39 is 30.7 Å². The van der Waals surface area contributed by atoms with Gasteiger partial charge in [-0.1, -0.05) is 6.58 Å². The van der Waals surface area contributed by atoms with Gasteiger partial charge in [-0.25, -0.2) is 4.79 Å². The van der Waals surface area contributed by atoms with E-state index in [9.17, 15) is 13.6 Å². The lowest BCUT2D eigenvalue weighted by Gasteiger charge is -2.17. The Bertz CT molecular complexity index is 328. The molecule has 0 saturated carbocycles. The summed E-state index contributed by atoms with van der Waals surface area (Å²) in [7, 11) is 2.75. The summed E-state index contributed by atoms with van der Waals surface area (Å²) in [5.41, 5.74) is 0. The molecule has 0 aliphatic rings. The van der Waals surface area contributed by atoms with E-state index >= 15 is 0 Å². The van der Waals surface area contributed by atoms with Crippen molar-refractivity contribution in [3.63, 3.8) is 0 Å². The van der Waals surface area contributed by atoms with Crippen molar-refractivity contribution in [2.24, 2.45) is 0 Å². The van der Waals surface area contributed by atoms with Crippen LogP contribution in [0.3, 0.4) is 0 Å². The van der Waals surface area contributed by atoms with Gasteiger partial charge in [0.15, 0.2) is 12.9 Å². The van der Waals surface area contributed by atoms with Crippen LogP contribution in [0.25, 0.3) is 0 Å². The Morgan fingerprint density at radius 3 is 2.45 bits per heavy atom. The number of hydrogen-bond donors (Lipinski definition) is 0. The highest BCUT2D eigenvalue weighted by molar-refractivity contribution is 5.71. The molecule has 0 N–H and O–H groups in total. The first-order valence-corrected chi connectivity index (χ1v) is 5.62. The smallest absolute Gasteiger partial charge is 0.333 e. The molecule has 0 aliphatic carbocycles. The zero-order valence-corrected chi connectivity index (χ0v) is 11.4. The van der Waals surface area contributed by atoms with Gasteiger partial charge >= 0.3 is 12.0 Å². The monoisotopic (exact) mass is 296 g/mol. The van der Waals surface area contributed by atoms with E-state index in [-0.39, 0.29) is 13.2 Å². The Morgan fingerprint density at radius 2 is 1.95 bits per heavy atom. The Labute approximate surface area is 115 Å². The topological polar surface area (TPSA) is 63.2 Å². The number of hydrogen-bond acceptors (Lipinski definition) is 6. The maximum Gasteiger partial charge on any atom is 0.333 e. The molecular weight excluding hydrogens is 278 g/mol. The molecule has 0 aromatic heterocycles. The molecule has 0 spiro atoms. The SMILES string of the molecule is C=CC(OC(=O)COC)C(OCOCCOC)=C(F)F. The summed E-state index contributed by atoms with van der Waals surface area (Å²) in [6, 6.07) is 0. The number of ether oxygens (including phenoxy) is 5. The number of esters is 1. The molecule has 0 aromatic rings. The second-order valence-corrected chi connectivity index (χ2v) is 3.37. The van der Waals surface area contributed by atoms with Crippen LogP contribution in [0, 0.1) is 0 Å². The predicted octanol–water partition coefficient (Wildman–Crippen LogP) is 1.48. The molecule has 0 amide bonds. The van der Waals surface area contributed by atoms with E-state index in [2.05, 4.69) is 11.3 Å². The van der Waals surface area contributed by atoms with Crippen molar-refractivity contribution in [2.45, 2.75) is 6.10 Å². The van der Waals surface area contributed by atoms with Crippen molar-refractivity contribution >= 4 is 5.97 Å². The summed E-state index contributed by atoms with van der Waals surface area (Å²) in [6.07, 6.45) is -2.53. The number of carbonyl (C=O) groups is 1. The molecule has 0 fully saturated rings. The van der Waals surface area contributed by atoms with Crippen LogP contribution in [-0.2, 0) is 28.5 Å². The molecule has 0 radical (unpaired) electrons. The van der Waals surface area contributed by atoms with Gasteiger partial charge in [-0.05, 0) is 6.08 Å². The summed E-state index contributed by atoms with van der Waals surface area (Å²) in [5.74, 6) is -1.65. The molecule has 0 aliphatic heterocycles. The van der Waals surface area contributed by atoms with E-state index in [0.29, 0.717) is 6.61 Å². The summed E-state index contributed by atoms with van der Waals surface area (Å²) in [4.78, 5) is 11.2. The molecule has 0 rings (SSSR count). The molecule has 0 heterocycles. The zero-order chi connectivity index (χ0) is 15.4. The van der Waals surface area contributed by atoms with Crippen molar-refractivity contribution in [3.05, 3.63) is 24.5 Å². The molecule has 1 unspecified atom stereocenters. The average Bonchev–Trinajstić information content (AvgIpc) is 2.40. The zero-order valence-electron chi connectivity index (χ0n) is 11.4. The van der Waals surface area contributed by atoms with Gasteiger partial charge in [0.1, 0.15) is 6.61 Å². The fourth-order valence-corrected chi connectivity index (χ4v) is 1.05. The Hall–Kier alpha value is -1.51. The lowest BCUT2D eigenvalue weighted by atomic mass is 10.3. The van der Waals surface area contributed by atoms with Crippen LogP contribution >= 0.6 is 0 Å². The number of methoxy groups -OCH3 is 2. The highest BCUT2D eigenvalue weighted by Gasteiger charge is 2.22. The van der Waals surface area contributed by atoms with Gasteiger partial charge in [-0.15, -0.1) is 0 Å². The summed E-state index contributed by atoms with van der Waals surface area (Å²) >= 11 is 0. The molecule has 1 atom stereocenters. The van der Waals surface area contributed by atoms with Crippen LogP contribution < -0.4 is 0 Å². The largest absolute Gasteiger partial charge is 0.462 e. The third-order valence-corrected chi connectivity index (χ3v) is 1.91. The molecule has 8 heteroatoms. The third-order valence-electron chi connectivity index (χ3n) is 1.91. The first-order chi connectivity index (χ1) is 9.56. The van der Waals surface area contributed by atoms with Gasteiger partial charge in [0, 0.05) is 14.2 Å². The molecule has 0 bridgehead atoms. The number of halogens is 2. The third kappa shape index (κ3) is 7.82. The van der Waals surface area contributed by atoms with Gasteiger partial charge < -0.3 is 23.7 Å². The Kier molecular flexibility index (Phi) is 10.5. The first kappa shape index (κ1) is 18.5. The molecule has 20 heavy (non-hydrogen) atoms. The highest BCUT2D eigenvalue weighted by Crippen LogP contribution is 2.18. The van der Waals surface area contributed by atoms with Crippen LogP contribution in [0.2, 0.25) is 0 Å². The van der Waals surface area contributed by atoms with Crippen molar-refractivity contribution in [2.75, 3.05) is 40.8 Å². The van der Waals surface area contributed by atoms with Gasteiger partial charge in [-0.3, -0.25) is 0 Å². The van der Waals surface area contributed by atoms with Crippen LogP contribution in [0.4, 0.5) is 8.78 Å². The maximum absolute atomic E-state index is 12.8. The normalized spacial score (nSPS) is 11.6. The van der Waals surface area contributed by atoms with Crippen LogP contribution in [0.1, 0.15) is 0 Å². The quantitative estimate of drug-likeness (QED) is 0.189. The second-order valence-electron chi connectivity index (χ2n) is 3.37. The molecule has 0 aromatic carbocycles. The Morgan fingerprint density at radius 1 is 1.25 bits per heavy atom. The van der Waals surface area contributed by atoms with Gasteiger partial charge in [0.25, 0.3) is 0 Å². The number of carbonyl (C=O) groups excluding carboxylic acids is 1. The minimum absolute atomic E-state index is 0.180. The minimum atomic E-state index is -2.13. The molecule has 116 valence electrons.